The Morgan fingerprint density at radius 1 is 0.968 bits per heavy atom. The number of benzene rings is 3. The van der Waals surface area contributed by atoms with Crippen LogP contribution in [0.25, 0.3) is 11.4 Å². The first-order chi connectivity index (χ1) is 15.1. The molecule has 0 radical (unpaired) electrons. The summed E-state index contributed by atoms with van der Waals surface area (Å²) in [6.45, 7) is 0.350. The van der Waals surface area contributed by atoms with Crippen molar-refractivity contribution in [1.82, 2.24) is 15.3 Å². The van der Waals surface area contributed by atoms with Crippen LogP contribution in [0.2, 0.25) is 5.02 Å². The normalized spacial score (nSPS) is 10.5. The zero-order chi connectivity index (χ0) is 21.6. The summed E-state index contributed by atoms with van der Waals surface area (Å²) in [7, 11) is 0. The van der Waals surface area contributed by atoms with Gasteiger partial charge in [-0.25, -0.2) is 14.4 Å². The number of amides is 1. The minimum absolute atomic E-state index is 0.193. The van der Waals surface area contributed by atoms with E-state index >= 15 is 0 Å². The Morgan fingerprint density at radius 2 is 1.77 bits per heavy atom. The van der Waals surface area contributed by atoms with Crippen LogP contribution >= 0.6 is 11.6 Å². The number of nitrogens with one attached hydrogen (secondary N) is 2. The van der Waals surface area contributed by atoms with E-state index in [-0.39, 0.29) is 11.7 Å². The Morgan fingerprint density at radius 3 is 2.55 bits per heavy atom. The molecule has 1 amide bonds. The summed E-state index contributed by atoms with van der Waals surface area (Å²) in [5, 5.41) is 6.64. The van der Waals surface area contributed by atoms with Crippen molar-refractivity contribution in [3.05, 3.63) is 107 Å². The highest BCUT2D eigenvalue weighted by Gasteiger charge is 2.08. The number of halogens is 2. The summed E-state index contributed by atoms with van der Waals surface area (Å²) in [5.74, 6) is 0.440. The molecule has 4 aromatic rings. The Balaban J connectivity index is 1.41. The summed E-state index contributed by atoms with van der Waals surface area (Å²) in [6, 6.07) is 22.2. The third-order valence-electron chi connectivity index (χ3n) is 4.56. The second kappa shape index (κ2) is 9.36. The Bertz CT molecular complexity index is 1210. The van der Waals surface area contributed by atoms with Gasteiger partial charge >= 0.3 is 0 Å². The van der Waals surface area contributed by atoms with Crippen molar-refractivity contribution in [3.63, 3.8) is 0 Å². The van der Waals surface area contributed by atoms with Crippen molar-refractivity contribution in [2.75, 3.05) is 5.32 Å². The summed E-state index contributed by atoms with van der Waals surface area (Å²) < 4.78 is 13.5. The van der Waals surface area contributed by atoms with Crippen LogP contribution in [0.15, 0.2) is 85.1 Å². The van der Waals surface area contributed by atoms with E-state index in [4.69, 9.17) is 11.6 Å². The van der Waals surface area contributed by atoms with Gasteiger partial charge in [-0.1, -0.05) is 41.9 Å². The van der Waals surface area contributed by atoms with Gasteiger partial charge in [-0.05, 0) is 54.1 Å². The fraction of sp³-hybridized carbons (Fsp3) is 0.0417. The fourth-order valence-corrected chi connectivity index (χ4v) is 3.17. The first-order valence-corrected chi connectivity index (χ1v) is 9.94. The molecule has 2 N–H and O–H groups in total. The Kier molecular flexibility index (Phi) is 6.19. The minimum Gasteiger partial charge on any atom is -0.348 e. The van der Waals surface area contributed by atoms with E-state index in [1.165, 1.54) is 12.1 Å². The Labute approximate surface area is 184 Å². The monoisotopic (exact) mass is 432 g/mol. The van der Waals surface area contributed by atoms with Crippen molar-refractivity contribution in [2.45, 2.75) is 6.54 Å². The number of nitrogens with zero attached hydrogens (tertiary/aromatic N) is 2. The lowest BCUT2D eigenvalue weighted by Crippen LogP contribution is -2.22. The summed E-state index contributed by atoms with van der Waals surface area (Å²) in [5.41, 5.74) is 2.73. The lowest BCUT2D eigenvalue weighted by molar-refractivity contribution is 0.0951. The predicted octanol–water partition coefficient (Wildman–Crippen LogP) is 5.61. The van der Waals surface area contributed by atoms with E-state index in [0.29, 0.717) is 34.3 Å². The minimum atomic E-state index is -0.345. The number of hydrogen-bond donors (Lipinski definition) is 2. The highest BCUT2D eigenvalue weighted by molar-refractivity contribution is 6.31. The molecule has 7 heteroatoms. The van der Waals surface area contributed by atoms with Crippen molar-refractivity contribution >= 4 is 29.0 Å². The topological polar surface area (TPSA) is 66.9 Å². The molecule has 154 valence electrons. The Hall–Kier alpha value is -3.77. The van der Waals surface area contributed by atoms with Crippen molar-refractivity contribution in [2.24, 2.45) is 0 Å². The molecule has 0 fully saturated rings. The van der Waals surface area contributed by atoms with E-state index in [0.717, 1.165) is 11.3 Å². The number of hydrogen-bond acceptors (Lipinski definition) is 4. The lowest BCUT2D eigenvalue weighted by atomic mass is 10.1. The van der Waals surface area contributed by atoms with Gasteiger partial charge in [-0.15, -0.1) is 0 Å². The highest BCUT2D eigenvalue weighted by Crippen LogP contribution is 2.20. The smallest absolute Gasteiger partial charge is 0.251 e. The maximum absolute atomic E-state index is 13.5. The highest BCUT2D eigenvalue weighted by atomic mass is 35.5. The molecule has 0 saturated heterocycles. The standard InChI is InChI=1S/C24H18ClFN4O/c25-21-7-2-1-4-18(21)15-28-24(31)16-8-10-20(11-9-16)29-22-12-13-27-23(30-22)17-5-3-6-19(26)14-17/h1-14H,15H2,(H,28,31)(H,27,29,30). The summed E-state index contributed by atoms with van der Waals surface area (Å²) >= 11 is 6.12. The molecule has 5 nitrogen and oxygen atoms in total. The van der Waals surface area contributed by atoms with Crippen LogP contribution < -0.4 is 10.6 Å². The molecular formula is C24H18ClFN4O. The molecule has 0 saturated carbocycles. The van der Waals surface area contributed by atoms with E-state index in [2.05, 4.69) is 20.6 Å². The summed E-state index contributed by atoms with van der Waals surface area (Å²) in [4.78, 5) is 21.0. The second-order valence-electron chi connectivity index (χ2n) is 6.75. The zero-order valence-corrected chi connectivity index (χ0v) is 17.1. The predicted molar refractivity (Wildman–Crippen MR) is 120 cm³/mol. The van der Waals surface area contributed by atoms with Gasteiger partial charge in [0, 0.05) is 34.6 Å². The number of anilines is 2. The molecule has 0 aliphatic carbocycles. The maximum atomic E-state index is 13.5. The number of carbonyl (C=O) groups excluding carboxylic acids is 1. The molecule has 1 aromatic heterocycles. The average molecular weight is 433 g/mol. The van der Waals surface area contributed by atoms with Crippen LogP contribution in [-0.2, 0) is 6.54 Å². The SMILES string of the molecule is O=C(NCc1ccccc1Cl)c1ccc(Nc2ccnc(-c3cccc(F)c3)n2)cc1. The van der Waals surface area contributed by atoms with Gasteiger partial charge in [0.2, 0.25) is 0 Å². The van der Waals surface area contributed by atoms with Crippen molar-refractivity contribution in [3.8, 4) is 11.4 Å². The van der Waals surface area contributed by atoms with Gasteiger partial charge in [0.15, 0.2) is 5.82 Å². The largest absolute Gasteiger partial charge is 0.348 e. The summed E-state index contributed by atoms with van der Waals surface area (Å²) in [6.07, 6.45) is 1.60. The zero-order valence-electron chi connectivity index (χ0n) is 16.3. The van der Waals surface area contributed by atoms with Gasteiger partial charge < -0.3 is 10.6 Å². The first kappa shape index (κ1) is 20.5. The molecule has 0 bridgehead atoms. The molecule has 31 heavy (non-hydrogen) atoms. The van der Waals surface area contributed by atoms with Gasteiger partial charge in [0.1, 0.15) is 11.6 Å². The van der Waals surface area contributed by atoms with Crippen LogP contribution in [0.1, 0.15) is 15.9 Å². The van der Waals surface area contributed by atoms with E-state index in [1.54, 1.807) is 54.7 Å². The van der Waals surface area contributed by atoms with Gasteiger partial charge in [0.05, 0.1) is 0 Å². The molecule has 4 rings (SSSR count). The fourth-order valence-electron chi connectivity index (χ4n) is 2.97. The number of aromatic nitrogens is 2. The van der Waals surface area contributed by atoms with Gasteiger partial charge in [-0.2, -0.15) is 0 Å². The van der Waals surface area contributed by atoms with Crippen LogP contribution in [0.4, 0.5) is 15.9 Å². The number of rotatable bonds is 6. The molecule has 0 unspecified atom stereocenters. The molecule has 0 aliphatic rings. The molecule has 0 atom stereocenters. The van der Waals surface area contributed by atoms with Crippen molar-refractivity contribution in [1.29, 1.82) is 0 Å². The van der Waals surface area contributed by atoms with E-state index in [9.17, 15) is 9.18 Å². The van der Waals surface area contributed by atoms with Crippen LogP contribution in [0, 0.1) is 5.82 Å². The third-order valence-corrected chi connectivity index (χ3v) is 4.92. The molecule has 1 heterocycles. The average Bonchev–Trinajstić information content (AvgIpc) is 2.79. The molecule has 0 spiro atoms. The van der Waals surface area contributed by atoms with Gasteiger partial charge in [0.25, 0.3) is 5.91 Å². The van der Waals surface area contributed by atoms with E-state index in [1.807, 2.05) is 18.2 Å². The second-order valence-corrected chi connectivity index (χ2v) is 7.16. The van der Waals surface area contributed by atoms with Crippen LogP contribution in [-0.4, -0.2) is 15.9 Å². The third kappa shape index (κ3) is 5.24. The van der Waals surface area contributed by atoms with E-state index < -0.39 is 0 Å². The molecule has 0 aliphatic heterocycles. The van der Waals surface area contributed by atoms with Crippen LogP contribution in [0.3, 0.4) is 0 Å². The maximum Gasteiger partial charge on any atom is 0.251 e. The van der Waals surface area contributed by atoms with Gasteiger partial charge in [-0.3, -0.25) is 4.79 Å². The first-order valence-electron chi connectivity index (χ1n) is 9.56. The lowest BCUT2D eigenvalue weighted by Gasteiger charge is -2.09. The molecule has 3 aromatic carbocycles. The van der Waals surface area contributed by atoms with Crippen molar-refractivity contribution < 1.29 is 9.18 Å². The number of carbonyl (C=O) groups is 1. The van der Waals surface area contributed by atoms with Crippen LogP contribution in [0.5, 0.6) is 0 Å². The molecular weight excluding hydrogens is 415 g/mol. The quantitative estimate of drug-likeness (QED) is 0.415.